The largest absolute Gasteiger partial charge is 0.478 e. The maximum absolute atomic E-state index is 11.6. The molecule has 0 radical (unpaired) electrons. The zero-order valence-electron chi connectivity index (χ0n) is 16.8. The lowest BCUT2D eigenvalue weighted by Crippen LogP contribution is -2.09. The number of aromatic amines is 1. The molecule has 154 valence electrons. The lowest BCUT2D eigenvalue weighted by Gasteiger charge is -2.20. The predicted octanol–water partition coefficient (Wildman–Crippen LogP) is 5.24. The number of halogens is 1. The highest BCUT2D eigenvalue weighted by atomic mass is 35.5. The van der Waals surface area contributed by atoms with E-state index in [4.69, 9.17) is 11.6 Å². The highest BCUT2D eigenvalue weighted by Gasteiger charge is 2.18. The van der Waals surface area contributed by atoms with E-state index in [1.165, 1.54) is 12.3 Å². The number of aryl methyl sites for hydroxylation is 1. The lowest BCUT2D eigenvalue weighted by atomic mass is 10.1. The van der Waals surface area contributed by atoms with E-state index >= 15 is 0 Å². The first-order valence-electron chi connectivity index (χ1n) is 9.60. The van der Waals surface area contributed by atoms with Crippen molar-refractivity contribution in [2.45, 2.75) is 0 Å². The Morgan fingerprint density at radius 1 is 1.13 bits per heavy atom. The van der Waals surface area contributed by atoms with Crippen molar-refractivity contribution >= 4 is 50.9 Å². The number of hydrogen-bond acceptors (Lipinski definition) is 4. The van der Waals surface area contributed by atoms with Crippen LogP contribution in [0.25, 0.3) is 33.3 Å². The third kappa shape index (κ3) is 3.10. The molecule has 0 aliphatic heterocycles. The van der Waals surface area contributed by atoms with Gasteiger partial charge in [-0.25, -0.2) is 4.79 Å². The summed E-state index contributed by atoms with van der Waals surface area (Å²) in [6.45, 7) is 0. The minimum Gasteiger partial charge on any atom is -0.478 e. The molecule has 0 spiro atoms. The Bertz CT molecular complexity index is 1470. The molecule has 0 aliphatic rings. The van der Waals surface area contributed by atoms with Crippen LogP contribution in [0.5, 0.6) is 0 Å². The monoisotopic (exact) mass is 431 g/mol. The van der Waals surface area contributed by atoms with Crippen LogP contribution in [0.15, 0.2) is 60.8 Å². The summed E-state index contributed by atoms with van der Waals surface area (Å²) in [7, 11) is 3.83. The normalized spacial score (nSPS) is 11.3. The van der Waals surface area contributed by atoms with Crippen LogP contribution in [-0.4, -0.2) is 37.9 Å². The number of nitrogens with one attached hydrogen (secondary N) is 1. The zero-order valence-corrected chi connectivity index (χ0v) is 17.6. The molecule has 31 heavy (non-hydrogen) atoms. The van der Waals surface area contributed by atoms with Gasteiger partial charge < -0.3 is 15.0 Å². The first kappa shape index (κ1) is 19.1. The second kappa shape index (κ2) is 7.14. The van der Waals surface area contributed by atoms with Crippen LogP contribution >= 0.6 is 11.6 Å². The number of nitrogens with zero attached hydrogens (tertiary/aromatic N) is 4. The Balaban J connectivity index is 1.62. The van der Waals surface area contributed by atoms with Gasteiger partial charge in [-0.05, 0) is 42.5 Å². The van der Waals surface area contributed by atoms with Gasteiger partial charge in [0.1, 0.15) is 0 Å². The van der Waals surface area contributed by atoms with E-state index < -0.39 is 5.97 Å². The number of aromatic nitrogens is 4. The molecule has 0 unspecified atom stereocenters. The van der Waals surface area contributed by atoms with Crippen LogP contribution in [0.4, 0.5) is 11.4 Å². The van der Waals surface area contributed by atoms with Gasteiger partial charge in [-0.15, -0.1) is 0 Å². The molecule has 5 aromatic rings. The molecule has 2 aromatic carbocycles. The van der Waals surface area contributed by atoms with E-state index in [0.29, 0.717) is 16.1 Å². The summed E-state index contributed by atoms with van der Waals surface area (Å²) in [5.41, 5.74) is 5.57. The number of H-pyrrole nitrogens is 1. The van der Waals surface area contributed by atoms with Crippen molar-refractivity contribution in [2.24, 2.45) is 7.05 Å². The smallest absolute Gasteiger partial charge is 0.337 e. The van der Waals surface area contributed by atoms with Gasteiger partial charge in [-0.3, -0.25) is 9.67 Å². The van der Waals surface area contributed by atoms with Gasteiger partial charge in [0.2, 0.25) is 0 Å². The minimum atomic E-state index is -0.997. The fraction of sp³-hybridized carbons (Fsp3) is 0.0870. The van der Waals surface area contributed by atoms with E-state index in [2.05, 4.69) is 15.1 Å². The van der Waals surface area contributed by atoms with Crippen molar-refractivity contribution in [3.8, 4) is 11.4 Å². The van der Waals surface area contributed by atoms with Gasteiger partial charge >= 0.3 is 5.97 Å². The van der Waals surface area contributed by atoms with Gasteiger partial charge in [0.25, 0.3) is 0 Å². The number of hydrogen-bond donors (Lipinski definition) is 2. The average Bonchev–Trinajstić information content (AvgIpc) is 3.32. The molecular weight excluding hydrogens is 414 g/mol. The second-order valence-corrected chi connectivity index (χ2v) is 7.70. The van der Waals surface area contributed by atoms with Crippen LogP contribution in [0.2, 0.25) is 5.02 Å². The molecule has 0 saturated heterocycles. The summed E-state index contributed by atoms with van der Waals surface area (Å²) < 4.78 is 1.79. The number of fused-ring (bicyclic) bond motifs is 2. The summed E-state index contributed by atoms with van der Waals surface area (Å²) >= 11 is 6.36. The number of benzene rings is 2. The molecule has 0 fully saturated rings. The lowest BCUT2D eigenvalue weighted by molar-refractivity contribution is 0.0698. The number of aromatic carboxylic acids is 1. The first-order chi connectivity index (χ1) is 14.9. The average molecular weight is 432 g/mol. The Labute approximate surface area is 182 Å². The van der Waals surface area contributed by atoms with Crippen molar-refractivity contribution in [3.05, 3.63) is 71.4 Å². The Kier molecular flexibility index (Phi) is 4.41. The zero-order chi connectivity index (χ0) is 21.7. The fourth-order valence-corrected chi connectivity index (χ4v) is 4.17. The van der Waals surface area contributed by atoms with Gasteiger partial charge in [0.15, 0.2) is 0 Å². The number of anilines is 2. The van der Waals surface area contributed by atoms with Crippen LogP contribution in [-0.2, 0) is 7.05 Å². The fourth-order valence-electron chi connectivity index (χ4n) is 3.91. The van der Waals surface area contributed by atoms with Crippen molar-refractivity contribution in [1.82, 2.24) is 19.7 Å². The van der Waals surface area contributed by atoms with Gasteiger partial charge in [-0.1, -0.05) is 23.7 Å². The minimum absolute atomic E-state index is 0.186. The summed E-state index contributed by atoms with van der Waals surface area (Å²) in [4.78, 5) is 21.1. The number of carboxylic acid groups (broad SMARTS) is 1. The third-order valence-electron chi connectivity index (χ3n) is 5.43. The number of rotatable bonds is 4. The standard InChI is InChI=1S/C23H18ClN5O2/c1-28(20-6-4-3-5-16(20)24)13-7-8-14-17(11-13)27-29(2)22(14)19-12-18-21(26-19)15(23(30)31)9-10-25-18/h3-12,26H,1-2H3,(H,30,31). The molecular formula is C23H18ClN5O2. The number of para-hydroxylation sites is 1. The Morgan fingerprint density at radius 3 is 2.71 bits per heavy atom. The Morgan fingerprint density at radius 2 is 1.94 bits per heavy atom. The summed E-state index contributed by atoms with van der Waals surface area (Å²) in [6, 6.07) is 17.0. The third-order valence-corrected chi connectivity index (χ3v) is 5.75. The Hall–Kier alpha value is -3.84. The number of carbonyl (C=O) groups is 1. The van der Waals surface area contributed by atoms with Gasteiger partial charge in [-0.2, -0.15) is 5.10 Å². The maximum Gasteiger partial charge on any atom is 0.337 e. The van der Waals surface area contributed by atoms with Gasteiger partial charge in [0.05, 0.1) is 44.2 Å². The molecule has 7 nitrogen and oxygen atoms in total. The number of pyridine rings is 1. The van der Waals surface area contributed by atoms with Crippen molar-refractivity contribution in [1.29, 1.82) is 0 Å². The van der Waals surface area contributed by atoms with Crippen molar-refractivity contribution in [3.63, 3.8) is 0 Å². The second-order valence-electron chi connectivity index (χ2n) is 7.29. The molecule has 0 saturated carbocycles. The summed E-state index contributed by atoms with van der Waals surface area (Å²) in [6.07, 6.45) is 1.50. The predicted molar refractivity (Wildman–Crippen MR) is 122 cm³/mol. The molecule has 3 aromatic heterocycles. The molecule has 0 atom stereocenters. The van der Waals surface area contributed by atoms with Crippen LogP contribution in [0, 0.1) is 0 Å². The molecule has 3 heterocycles. The maximum atomic E-state index is 11.6. The molecule has 0 aliphatic carbocycles. The van der Waals surface area contributed by atoms with Gasteiger partial charge in [0, 0.05) is 31.4 Å². The quantitative estimate of drug-likeness (QED) is 0.406. The summed E-state index contributed by atoms with van der Waals surface area (Å²) in [5, 5.41) is 15.8. The molecule has 0 amide bonds. The van der Waals surface area contributed by atoms with Crippen LogP contribution in [0.3, 0.4) is 0 Å². The van der Waals surface area contributed by atoms with Crippen LogP contribution in [0.1, 0.15) is 10.4 Å². The summed E-state index contributed by atoms with van der Waals surface area (Å²) in [5.74, 6) is -0.997. The SMILES string of the molecule is CN(c1ccc2c(-c3cc4nccc(C(=O)O)c4[nH]3)n(C)nc2c1)c1ccccc1Cl. The van der Waals surface area contributed by atoms with Crippen molar-refractivity contribution in [2.75, 3.05) is 11.9 Å². The highest BCUT2D eigenvalue weighted by molar-refractivity contribution is 6.33. The van der Waals surface area contributed by atoms with E-state index in [9.17, 15) is 9.90 Å². The molecule has 0 bridgehead atoms. The number of carboxylic acids is 1. The van der Waals surface area contributed by atoms with Crippen molar-refractivity contribution < 1.29 is 9.90 Å². The molecule has 2 N–H and O–H groups in total. The first-order valence-corrected chi connectivity index (χ1v) is 9.98. The molecule has 5 rings (SSSR count). The topological polar surface area (TPSA) is 87.0 Å². The van der Waals surface area contributed by atoms with E-state index in [0.717, 1.165) is 33.7 Å². The molecule has 8 heteroatoms. The van der Waals surface area contributed by atoms with E-state index in [1.54, 1.807) is 4.68 Å². The van der Waals surface area contributed by atoms with E-state index in [1.807, 2.05) is 67.5 Å². The van der Waals surface area contributed by atoms with Crippen LogP contribution < -0.4 is 4.90 Å². The van der Waals surface area contributed by atoms with E-state index in [-0.39, 0.29) is 5.56 Å². The highest BCUT2D eigenvalue weighted by Crippen LogP contribution is 2.35.